The summed E-state index contributed by atoms with van der Waals surface area (Å²) in [5.41, 5.74) is 1.18. The Hall–Kier alpha value is -1.84. The molecule has 0 bridgehead atoms. The van der Waals surface area contributed by atoms with E-state index in [2.05, 4.69) is 5.32 Å². The maximum absolute atomic E-state index is 12.2. The van der Waals surface area contributed by atoms with Crippen molar-refractivity contribution in [2.75, 3.05) is 20.1 Å². The zero-order valence-corrected chi connectivity index (χ0v) is 12.0. The topological polar surface area (TPSA) is 49.4 Å². The number of carbonyl (C=O) groups is 2. The van der Waals surface area contributed by atoms with E-state index in [1.165, 1.54) is 5.56 Å². The van der Waals surface area contributed by atoms with E-state index in [0.29, 0.717) is 13.0 Å². The molecule has 1 saturated heterocycles. The molecule has 1 aromatic carbocycles. The third-order valence-corrected chi connectivity index (χ3v) is 3.86. The van der Waals surface area contributed by atoms with E-state index < -0.39 is 0 Å². The van der Waals surface area contributed by atoms with E-state index in [1.54, 1.807) is 7.05 Å². The first-order valence-electron chi connectivity index (χ1n) is 7.24. The highest BCUT2D eigenvalue weighted by molar-refractivity contribution is 5.81. The zero-order chi connectivity index (χ0) is 14.4. The van der Waals surface area contributed by atoms with Gasteiger partial charge in [0.25, 0.3) is 0 Å². The van der Waals surface area contributed by atoms with Crippen molar-refractivity contribution in [3.05, 3.63) is 35.9 Å². The number of aryl methyl sites for hydroxylation is 1. The van der Waals surface area contributed by atoms with Gasteiger partial charge in [0.05, 0.1) is 5.92 Å². The summed E-state index contributed by atoms with van der Waals surface area (Å²) in [7, 11) is 1.65. The third-order valence-electron chi connectivity index (χ3n) is 3.86. The van der Waals surface area contributed by atoms with Gasteiger partial charge in [0.15, 0.2) is 0 Å². The predicted molar refractivity (Wildman–Crippen MR) is 78.1 cm³/mol. The normalized spacial score (nSPS) is 18.6. The highest BCUT2D eigenvalue weighted by Crippen LogP contribution is 2.17. The van der Waals surface area contributed by atoms with Gasteiger partial charge >= 0.3 is 0 Å². The molecule has 20 heavy (non-hydrogen) atoms. The van der Waals surface area contributed by atoms with Gasteiger partial charge in [-0.25, -0.2) is 0 Å². The first-order valence-corrected chi connectivity index (χ1v) is 7.24. The van der Waals surface area contributed by atoms with Crippen LogP contribution in [0.15, 0.2) is 30.3 Å². The molecule has 1 N–H and O–H groups in total. The van der Waals surface area contributed by atoms with Crippen LogP contribution in [0.25, 0.3) is 0 Å². The van der Waals surface area contributed by atoms with Crippen LogP contribution in [0.1, 0.15) is 24.8 Å². The SMILES string of the molecule is CNC(=O)[C@H]1CCCN(C(=O)CCc2ccccc2)C1. The fourth-order valence-electron chi connectivity index (χ4n) is 2.68. The minimum Gasteiger partial charge on any atom is -0.359 e. The number of hydrogen-bond donors (Lipinski definition) is 1. The summed E-state index contributed by atoms with van der Waals surface area (Å²) in [6, 6.07) is 10.0. The Kier molecular flexibility index (Phi) is 5.16. The molecule has 108 valence electrons. The Morgan fingerprint density at radius 3 is 2.75 bits per heavy atom. The van der Waals surface area contributed by atoms with Crippen LogP contribution in [-0.2, 0) is 16.0 Å². The van der Waals surface area contributed by atoms with E-state index in [0.717, 1.165) is 25.8 Å². The standard InChI is InChI=1S/C16H22N2O2/c1-17-16(20)14-8-5-11-18(12-14)15(19)10-9-13-6-3-2-4-7-13/h2-4,6-7,14H,5,8-12H2,1H3,(H,17,20)/t14-/m0/s1. The van der Waals surface area contributed by atoms with Gasteiger partial charge in [-0.05, 0) is 24.8 Å². The zero-order valence-electron chi connectivity index (χ0n) is 12.0. The minimum absolute atomic E-state index is 0.0468. The highest BCUT2D eigenvalue weighted by atomic mass is 16.2. The van der Waals surface area contributed by atoms with Crippen LogP contribution in [0.3, 0.4) is 0 Å². The lowest BCUT2D eigenvalue weighted by atomic mass is 9.96. The monoisotopic (exact) mass is 274 g/mol. The molecule has 1 aliphatic rings. The highest BCUT2D eigenvalue weighted by Gasteiger charge is 2.27. The van der Waals surface area contributed by atoms with Gasteiger partial charge in [-0.3, -0.25) is 9.59 Å². The molecule has 4 heteroatoms. The molecule has 4 nitrogen and oxygen atoms in total. The Bertz CT molecular complexity index is 459. The second kappa shape index (κ2) is 7.08. The third kappa shape index (κ3) is 3.83. The number of nitrogens with zero attached hydrogens (tertiary/aromatic N) is 1. The summed E-state index contributed by atoms with van der Waals surface area (Å²) < 4.78 is 0. The number of amides is 2. The van der Waals surface area contributed by atoms with Crippen molar-refractivity contribution in [2.45, 2.75) is 25.7 Å². The van der Waals surface area contributed by atoms with Crippen molar-refractivity contribution in [2.24, 2.45) is 5.92 Å². The molecule has 2 amide bonds. The molecule has 1 atom stereocenters. The summed E-state index contributed by atoms with van der Waals surface area (Å²) in [5.74, 6) is 0.155. The molecule has 1 aromatic rings. The smallest absolute Gasteiger partial charge is 0.224 e. The van der Waals surface area contributed by atoms with Crippen LogP contribution in [-0.4, -0.2) is 36.9 Å². The fraction of sp³-hybridized carbons (Fsp3) is 0.500. The molecule has 1 heterocycles. The van der Waals surface area contributed by atoms with Gasteiger partial charge in [-0.1, -0.05) is 30.3 Å². The molecule has 0 saturated carbocycles. The minimum atomic E-state index is -0.0468. The molecule has 0 radical (unpaired) electrons. The average Bonchev–Trinajstić information content (AvgIpc) is 2.53. The average molecular weight is 274 g/mol. The molecular weight excluding hydrogens is 252 g/mol. The molecule has 1 fully saturated rings. The lowest BCUT2D eigenvalue weighted by molar-refractivity contribution is -0.135. The maximum Gasteiger partial charge on any atom is 0.224 e. The van der Waals surface area contributed by atoms with Gasteiger partial charge in [0, 0.05) is 26.6 Å². The quantitative estimate of drug-likeness (QED) is 0.906. The number of likely N-dealkylation sites (tertiary alicyclic amines) is 1. The number of nitrogens with one attached hydrogen (secondary N) is 1. The Labute approximate surface area is 120 Å². The van der Waals surface area contributed by atoms with E-state index in [-0.39, 0.29) is 17.7 Å². The fourth-order valence-corrected chi connectivity index (χ4v) is 2.68. The van der Waals surface area contributed by atoms with Crippen LogP contribution in [0.2, 0.25) is 0 Å². The lowest BCUT2D eigenvalue weighted by Gasteiger charge is -2.32. The van der Waals surface area contributed by atoms with Crippen LogP contribution in [0.4, 0.5) is 0 Å². The van der Waals surface area contributed by atoms with Gasteiger partial charge in [-0.2, -0.15) is 0 Å². The van der Waals surface area contributed by atoms with E-state index >= 15 is 0 Å². The van der Waals surface area contributed by atoms with Crippen molar-refractivity contribution < 1.29 is 9.59 Å². The van der Waals surface area contributed by atoms with Gasteiger partial charge < -0.3 is 10.2 Å². The van der Waals surface area contributed by atoms with Crippen LogP contribution in [0, 0.1) is 5.92 Å². The van der Waals surface area contributed by atoms with Gasteiger partial charge in [-0.15, -0.1) is 0 Å². The summed E-state index contributed by atoms with van der Waals surface area (Å²) in [6.07, 6.45) is 3.07. The molecule has 2 rings (SSSR count). The Morgan fingerprint density at radius 2 is 2.05 bits per heavy atom. The first kappa shape index (κ1) is 14.6. The first-order chi connectivity index (χ1) is 9.70. The summed E-state index contributed by atoms with van der Waals surface area (Å²) >= 11 is 0. The maximum atomic E-state index is 12.2. The Balaban J connectivity index is 1.84. The lowest BCUT2D eigenvalue weighted by Crippen LogP contribution is -2.44. The van der Waals surface area contributed by atoms with Crippen molar-refractivity contribution in [1.29, 1.82) is 0 Å². The summed E-state index contributed by atoms with van der Waals surface area (Å²) in [5, 5.41) is 2.68. The van der Waals surface area contributed by atoms with Gasteiger partial charge in [0.2, 0.25) is 11.8 Å². The van der Waals surface area contributed by atoms with Crippen molar-refractivity contribution >= 4 is 11.8 Å². The molecule has 0 aliphatic carbocycles. The second-order valence-corrected chi connectivity index (χ2v) is 5.28. The van der Waals surface area contributed by atoms with Crippen molar-refractivity contribution in [1.82, 2.24) is 10.2 Å². The van der Waals surface area contributed by atoms with E-state index in [9.17, 15) is 9.59 Å². The number of carbonyl (C=O) groups excluding carboxylic acids is 2. The predicted octanol–water partition coefficient (Wildman–Crippen LogP) is 1.60. The number of benzene rings is 1. The molecule has 0 aromatic heterocycles. The Morgan fingerprint density at radius 1 is 1.30 bits per heavy atom. The molecular formula is C16H22N2O2. The number of rotatable bonds is 4. The second-order valence-electron chi connectivity index (χ2n) is 5.28. The van der Waals surface area contributed by atoms with E-state index in [4.69, 9.17) is 0 Å². The van der Waals surface area contributed by atoms with Crippen LogP contribution >= 0.6 is 0 Å². The van der Waals surface area contributed by atoms with Gasteiger partial charge in [0.1, 0.15) is 0 Å². The summed E-state index contributed by atoms with van der Waals surface area (Å²) in [4.78, 5) is 25.7. The van der Waals surface area contributed by atoms with Crippen LogP contribution in [0.5, 0.6) is 0 Å². The summed E-state index contributed by atoms with van der Waals surface area (Å²) in [6.45, 7) is 1.34. The van der Waals surface area contributed by atoms with E-state index in [1.807, 2.05) is 35.2 Å². The molecule has 0 spiro atoms. The van der Waals surface area contributed by atoms with Crippen molar-refractivity contribution in [3.63, 3.8) is 0 Å². The molecule has 0 unspecified atom stereocenters. The molecule has 1 aliphatic heterocycles. The van der Waals surface area contributed by atoms with Crippen LogP contribution < -0.4 is 5.32 Å². The largest absolute Gasteiger partial charge is 0.359 e. The number of hydrogen-bond acceptors (Lipinski definition) is 2. The number of piperidine rings is 1. The van der Waals surface area contributed by atoms with Crippen molar-refractivity contribution in [3.8, 4) is 0 Å².